The van der Waals surface area contributed by atoms with Crippen LogP contribution in [-0.2, 0) is 0 Å². The zero-order chi connectivity index (χ0) is 16.4. The molecule has 0 aliphatic carbocycles. The minimum atomic E-state index is -0.464. The van der Waals surface area contributed by atoms with Gasteiger partial charge in [0.2, 0.25) is 5.88 Å². The second kappa shape index (κ2) is 6.84. The highest BCUT2D eigenvalue weighted by Gasteiger charge is 2.29. The van der Waals surface area contributed by atoms with Gasteiger partial charge >= 0.3 is 0 Å². The zero-order valence-electron chi connectivity index (χ0n) is 12.0. The van der Waals surface area contributed by atoms with Crippen LogP contribution >= 0.6 is 27.5 Å². The van der Waals surface area contributed by atoms with Crippen molar-refractivity contribution in [1.29, 1.82) is 0 Å². The number of amides is 1. The molecule has 1 aromatic carbocycles. The summed E-state index contributed by atoms with van der Waals surface area (Å²) in [4.78, 5) is 18.3. The predicted octanol–water partition coefficient (Wildman–Crippen LogP) is 3.93. The first-order chi connectivity index (χ1) is 11.0. The summed E-state index contributed by atoms with van der Waals surface area (Å²) in [6.45, 7) is 0.997. The van der Waals surface area contributed by atoms with Gasteiger partial charge in [-0.3, -0.25) is 4.79 Å². The van der Waals surface area contributed by atoms with Gasteiger partial charge in [0.15, 0.2) is 0 Å². The van der Waals surface area contributed by atoms with Crippen molar-refractivity contribution >= 4 is 33.4 Å². The number of carbonyl (C=O) groups is 1. The first-order valence-corrected chi connectivity index (χ1v) is 8.23. The summed E-state index contributed by atoms with van der Waals surface area (Å²) in [5.41, 5.74) is 0.299. The van der Waals surface area contributed by atoms with Crippen LogP contribution < -0.4 is 4.74 Å². The summed E-state index contributed by atoms with van der Waals surface area (Å²) in [6, 6.07) is 7.43. The van der Waals surface area contributed by atoms with Crippen LogP contribution in [0.1, 0.15) is 16.8 Å². The predicted molar refractivity (Wildman–Crippen MR) is 88.3 cm³/mol. The Hall–Kier alpha value is -1.66. The number of hydrogen-bond donors (Lipinski definition) is 0. The van der Waals surface area contributed by atoms with Crippen molar-refractivity contribution in [2.75, 3.05) is 13.1 Å². The normalized spacial score (nSPS) is 17.3. The highest BCUT2D eigenvalue weighted by atomic mass is 79.9. The lowest BCUT2D eigenvalue weighted by Crippen LogP contribution is -2.31. The molecule has 0 saturated carbocycles. The summed E-state index contributed by atoms with van der Waals surface area (Å²) in [7, 11) is 0. The van der Waals surface area contributed by atoms with E-state index in [4.69, 9.17) is 16.3 Å². The quantitative estimate of drug-likeness (QED) is 0.785. The molecule has 1 unspecified atom stereocenters. The summed E-state index contributed by atoms with van der Waals surface area (Å²) in [6.07, 6.45) is 2.22. The number of rotatable bonds is 3. The topological polar surface area (TPSA) is 42.4 Å². The fraction of sp³-hybridized carbons (Fsp3) is 0.250. The van der Waals surface area contributed by atoms with E-state index in [0.29, 0.717) is 31.0 Å². The molecule has 1 aliphatic rings. The number of hydrogen-bond acceptors (Lipinski definition) is 3. The third kappa shape index (κ3) is 3.64. The Morgan fingerprint density at radius 3 is 3.00 bits per heavy atom. The van der Waals surface area contributed by atoms with Gasteiger partial charge in [0.05, 0.1) is 21.6 Å². The van der Waals surface area contributed by atoms with Gasteiger partial charge in [-0.15, -0.1) is 0 Å². The molecule has 7 heteroatoms. The van der Waals surface area contributed by atoms with Gasteiger partial charge in [-0.1, -0.05) is 11.6 Å². The number of halogens is 3. The molecule has 23 heavy (non-hydrogen) atoms. The fourth-order valence-corrected chi connectivity index (χ4v) is 3.05. The number of pyridine rings is 1. The van der Waals surface area contributed by atoms with Gasteiger partial charge in [0, 0.05) is 19.2 Å². The number of aromatic nitrogens is 1. The Morgan fingerprint density at radius 1 is 1.43 bits per heavy atom. The molecule has 4 nitrogen and oxygen atoms in total. The molecule has 1 aliphatic heterocycles. The molecule has 0 N–H and O–H groups in total. The van der Waals surface area contributed by atoms with Crippen molar-refractivity contribution in [3.63, 3.8) is 0 Å². The molecule has 120 valence electrons. The molecule has 1 atom stereocenters. The minimum absolute atomic E-state index is 0.117. The van der Waals surface area contributed by atoms with E-state index < -0.39 is 5.82 Å². The highest BCUT2D eigenvalue weighted by Crippen LogP contribution is 2.26. The van der Waals surface area contributed by atoms with E-state index in [9.17, 15) is 9.18 Å². The number of ether oxygens (including phenoxy) is 1. The van der Waals surface area contributed by atoms with Gasteiger partial charge in [0.1, 0.15) is 11.9 Å². The molecular weight excluding hydrogens is 387 g/mol. The molecular formula is C16H13BrClFN2O2. The number of likely N-dealkylation sites (tertiary alicyclic amines) is 1. The van der Waals surface area contributed by atoms with Gasteiger partial charge in [-0.25, -0.2) is 9.37 Å². The van der Waals surface area contributed by atoms with Gasteiger partial charge in [-0.2, -0.15) is 0 Å². The van der Waals surface area contributed by atoms with Crippen LogP contribution in [0.2, 0.25) is 5.02 Å². The molecule has 1 saturated heterocycles. The first-order valence-electron chi connectivity index (χ1n) is 7.06. The molecule has 2 aromatic rings. The Bertz CT molecular complexity index is 744. The fourth-order valence-electron chi connectivity index (χ4n) is 2.46. The van der Waals surface area contributed by atoms with Crippen LogP contribution in [-0.4, -0.2) is 35.0 Å². The summed E-state index contributed by atoms with van der Waals surface area (Å²) >= 11 is 9.33. The first kappa shape index (κ1) is 16.2. The van der Waals surface area contributed by atoms with E-state index >= 15 is 0 Å². The van der Waals surface area contributed by atoms with Crippen LogP contribution in [0.25, 0.3) is 0 Å². The summed E-state index contributed by atoms with van der Waals surface area (Å²) < 4.78 is 19.7. The second-order valence-electron chi connectivity index (χ2n) is 5.19. The van der Waals surface area contributed by atoms with Crippen molar-refractivity contribution in [3.8, 4) is 5.88 Å². The molecule has 1 amide bonds. The van der Waals surface area contributed by atoms with Crippen molar-refractivity contribution in [3.05, 3.63) is 57.4 Å². The maximum Gasteiger partial charge on any atom is 0.255 e. The molecule has 0 bridgehead atoms. The highest BCUT2D eigenvalue weighted by molar-refractivity contribution is 9.10. The lowest BCUT2D eigenvalue weighted by atomic mass is 10.2. The van der Waals surface area contributed by atoms with E-state index in [1.807, 2.05) is 6.07 Å². The Balaban J connectivity index is 1.67. The van der Waals surface area contributed by atoms with E-state index in [1.54, 1.807) is 17.2 Å². The Morgan fingerprint density at radius 2 is 2.26 bits per heavy atom. The van der Waals surface area contributed by atoms with Crippen LogP contribution in [0.15, 0.2) is 41.0 Å². The smallest absolute Gasteiger partial charge is 0.255 e. The second-order valence-corrected chi connectivity index (χ2v) is 6.46. The van der Waals surface area contributed by atoms with E-state index in [0.717, 1.165) is 10.5 Å². The van der Waals surface area contributed by atoms with Crippen molar-refractivity contribution in [2.45, 2.75) is 12.5 Å². The van der Waals surface area contributed by atoms with E-state index in [2.05, 4.69) is 20.9 Å². The average Bonchev–Trinajstić information content (AvgIpc) is 2.98. The van der Waals surface area contributed by atoms with Gasteiger partial charge < -0.3 is 9.64 Å². The standard InChI is InChI=1S/C16H13BrClFN2O2/c17-13-2-1-6-20-15(13)23-11-5-7-21(9-11)16(22)12-4-3-10(19)8-14(12)18/h1-4,6,8,11H,5,7,9H2. The SMILES string of the molecule is O=C(c1ccc(F)cc1Cl)N1CCC(Oc2ncccc2Br)C1. The van der Waals surface area contributed by atoms with Gasteiger partial charge in [-0.05, 0) is 46.3 Å². The maximum absolute atomic E-state index is 13.1. The molecule has 3 rings (SSSR count). The summed E-state index contributed by atoms with van der Waals surface area (Å²) in [5.74, 6) is -0.179. The van der Waals surface area contributed by atoms with Crippen molar-refractivity contribution in [2.24, 2.45) is 0 Å². The Kier molecular flexibility index (Phi) is 4.82. The van der Waals surface area contributed by atoms with E-state index in [1.165, 1.54) is 12.1 Å². The molecule has 2 heterocycles. The summed E-state index contributed by atoms with van der Waals surface area (Å²) in [5, 5.41) is 0.117. The lowest BCUT2D eigenvalue weighted by Gasteiger charge is -2.18. The van der Waals surface area contributed by atoms with Crippen LogP contribution in [0.4, 0.5) is 4.39 Å². The van der Waals surface area contributed by atoms with Crippen molar-refractivity contribution in [1.82, 2.24) is 9.88 Å². The van der Waals surface area contributed by atoms with Crippen LogP contribution in [0.5, 0.6) is 5.88 Å². The third-order valence-corrected chi connectivity index (χ3v) is 4.51. The maximum atomic E-state index is 13.1. The van der Waals surface area contributed by atoms with Crippen molar-refractivity contribution < 1.29 is 13.9 Å². The molecule has 0 radical (unpaired) electrons. The van der Waals surface area contributed by atoms with Crippen LogP contribution in [0.3, 0.4) is 0 Å². The average molecular weight is 400 g/mol. The number of benzene rings is 1. The zero-order valence-corrected chi connectivity index (χ0v) is 14.3. The third-order valence-electron chi connectivity index (χ3n) is 3.60. The van der Waals surface area contributed by atoms with E-state index in [-0.39, 0.29) is 17.0 Å². The van der Waals surface area contributed by atoms with Crippen LogP contribution in [0, 0.1) is 5.82 Å². The number of nitrogens with zero attached hydrogens (tertiary/aromatic N) is 2. The molecule has 0 spiro atoms. The van der Waals surface area contributed by atoms with Gasteiger partial charge in [0.25, 0.3) is 5.91 Å². The number of carbonyl (C=O) groups excluding carboxylic acids is 1. The largest absolute Gasteiger partial charge is 0.472 e. The molecule has 1 fully saturated rings. The minimum Gasteiger partial charge on any atom is -0.472 e. The monoisotopic (exact) mass is 398 g/mol. The lowest BCUT2D eigenvalue weighted by molar-refractivity contribution is 0.0771. The Labute approximate surface area is 146 Å². The molecule has 1 aromatic heterocycles.